The van der Waals surface area contributed by atoms with Gasteiger partial charge in [-0.1, -0.05) is 0 Å². The van der Waals surface area contributed by atoms with E-state index in [9.17, 15) is 13.2 Å². The molecule has 0 aliphatic carbocycles. The van der Waals surface area contributed by atoms with Crippen molar-refractivity contribution >= 4 is 27.5 Å². The monoisotopic (exact) mass is 254 g/mol. The summed E-state index contributed by atoms with van der Waals surface area (Å²) in [5.41, 5.74) is 9.70. The van der Waals surface area contributed by atoms with E-state index in [2.05, 4.69) is 0 Å². The Bertz CT molecular complexity index is 312. The van der Waals surface area contributed by atoms with Crippen molar-refractivity contribution in [3.8, 4) is 0 Å². The lowest BCUT2D eigenvalue weighted by Crippen LogP contribution is -2.49. The highest BCUT2D eigenvalue weighted by atomic mass is 32.2. The fourth-order valence-corrected chi connectivity index (χ4v) is 3.17. The lowest BCUT2D eigenvalue weighted by molar-refractivity contribution is -0.122. The number of sulfone groups is 1. The number of primary amides is 1. The van der Waals surface area contributed by atoms with Crippen molar-refractivity contribution in [2.45, 2.75) is 18.9 Å². The zero-order chi connectivity index (χ0) is 12.1. The van der Waals surface area contributed by atoms with Crippen LogP contribution in [-0.4, -0.2) is 43.4 Å². The van der Waals surface area contributed by atoms with Gasteiger partial charge in [0, 0.05) is 12.0 Å². The second-order valence-electron chi connectivity index (χ2n) is 3.77. The third-order valence-corrected chi connectivity index (χ3v) is 4.12. The molecule has 90 valence electrons. The molecule has 0 aromatic rings. The molecule has 0 bridgehead atoms. The van der Waals surface area contributed by atoms with Crippen LogP contribution in [0.5, 0.6) is 0 Å². The summed E-state index contributed by atoms with van der Waals surface area (Å²) >= 11 is 1.46. The molecule has 7 heteroatoms. The highest BCUT2D eigenvalue weighted by Gasteiger charge is 2.24. The first-order chi connectivity index (χ1) is 6.65. The van der Waals surface area contributed by atoms with Gasteiger partial charge in [0.05, 0.1) is 11.3 Å². The average Bonchev–Trinajstić information content (AvgIpc) is 2.00. The van der Waals surface area contributed by atoms with Crippen molar-refractivity contribution < 1.29 is 13.2 Å². The van der Waals surface area contributed by atoms with Crippen molar-refractivity contribution in [3.05, 3.63) is 0 Å². The number of hydrogen-bond donors (Lipinski definition) is 2. The van der Waals surface area contributed by atoms with E-state index in [1.54, 1.807) is 6.92 Å². The van der Waals surface area contributed by atoms with E-state index in [0.717, 1.165) is 0 Å². The minimum Gasteiger partial charge on any atom is -0.368 e. The van der Waals surface area contributed by atoms with Gasteiger partial charge >= 0.3 is 0 Å². The fraction of sp³-hybridized carbons (Fsp3) is 0.875. The molecule has 0 aliphatic rings. The Morgan fingerprint density at radius 3 is 2.33 bits per heavy atom. The van der Waals surface area contributed by atoms with Gasteiger partial charge in [-0.3, -0.25) is 4.79 Å². The molecule has 0 spiro atoms. The molecule has 1 unspecified atom stereocenters. The maximum Gasteiger partial charge on any atom is 0.237 e. The molecule has 0 radical (unpaired) electrons. The normalized spacial score (nSPS) is 15.9. The van der Waals surface area contributed by atoms with Gasteiger partial charge in [0.1, 0.15) is 9.84 Å². The fourth-order valence-electron chi connectivity index (χ4n) is 0.720. The Morgan fingerprint density at radius 2 is 1.93 bits per heavy atom. The van der Waals surface area contributed by atoms with Crippen molar-refractivity contribution in [3.63, 3.8) is 0 Å². The van der Waals surface area contributed by atoms with Gasteiger partial charge in [-0.25, -0.2) is 8.42 Å². The molecule has 0 saturated heterocycles. The predicted octanol–water partition coefficient (Wildman–Crippen LogP) is -0.643. The minimum atomic E-state index is -2.90. The van der Waals surface area contributed by atoms with E-state index in [1.807, 2.05) is 0 Å². The summed E-state index contributed by atoms with van der Waals surface area (Å²) in [7, 11) is -2.90. The van der Waals surface area contributed by atoms with Crippen LogP contribution < -0.4 is 11.5 Å². The second-order valence-corrected chi connectivity index (χ2v) is 7.26. The first-order valence-corrected chi connectivity index (χ1v) is 7.71. The van der Waals surface area contributed by atoms with E-state index < -0.39 is 21.3 Å². The highest BCUT2D eigenvalue weighted by molar-refractivity contribution is 8.00. The molecule has 4 N–H and O–H groups in total. The van der Waals surface area contributed by atoms with Crippen LogP contribution in [0.4, 0.5) is 0 Å². The molecule has 0 rings (SSSR count). The van der Waals surface area contributed by atoms with Crippen LogP contribution in [0.25, 0.3) is 0 Å². The molecule has 15 heavy (non-hydrogen) atoms. The Hall–Kier alpha value is -0.270. The second kappa shape index (κ2) is 5.72. The van der Waals surface area contributed by atoms with Gasteiger partial charge in [-0.2, -0.15) is 11.8 Å². The number of carbonyl (C=O) groups is 1. The molecule has 0 aromatic carbocycles. The summed E-state index contributed by atoms with van der Waals surface area (Å²) in [5, 5.41) is 0. The van der Waals surface area contributed by atoms with Gasteiger partial charge in [0.15, 0.2) is 0 Å². The Morgan fingerprint density at radius 1 is 1.40 bits per heavy atom. The molecule has 0 aliphatic heterocycles. The molecule has 0 fully saturated rings. The van der Waals surface area contributed by atoms with E-state index in [0.29, 0.717) is 17.9 Å². The Kier molecular flexibility index (Phi) is 5.61. The molecular weight excluding hydrogens is 236 g/mol. The first kappa shape index (κ1) is 14.7. The first-order valence-electron chi connectivity index (χ1n) is 4.49. The van der Waals surface area contributed by atoms with Gasteiger partial charge < -0.3 is 11.5 Å². The third kappa shape index (κ3) is 7.64. The molecule has 0 heterocycles. The standard InChI is InChI=1S/C8H18N2O3S2/c1-8(10,7(9)11)3-4-14-5-6-15(2,12)13/h3-6,10H2,1-2H3,(H2,9,11). The van der Waals surface area contributed by atoms with Crippen molar-refractivity contribution in [1.29, 1.82) is 0 Å². The van der Waals surface area contributed by atoms with Crippen LogP contribution in [0.2, 0.25) is 0 Å². The zero-order valence-electron chi connectivity index (χ0n) is 9.02. The van der Waals surface area contributed by atoms with Crippen molar-refractivity contribution in [1.82, 2.24) is 0 Å². The van der Waals surface area contributed by atoms with Crippen molar-refractivity contribution in [2.24, 2.45) is 11.5 Å². The van der Waals surface area contributed by atoms with Crippen LogP contribution in [0.3, 0.4) is 0 Å². The zero-order valence-corrected chi connectivity index (χ0v) is 10.7. The van der Waals surface area contributed by atoms with Crippen LogP contribution in [0.15, 0.2) is 0 Å². The Labute approximate surface area is 94.9 Å². The SMILES string of the molecule is CC(N)(CCSCCS(C)(=O)=O)C(N)=O. The van der Waals surface area contributed by atoms with Gasteiger partial charge in [-0.05, 0) is 19.1 Å². The maximum atomic E-state index is 10.8. The summed E-state index contributed by atoms with van der Waals surface area (Å²) in [4.78, 5) is 10.8. The van der Waals surface area contributed by atoms with E-state index >= 15 is 0 Å². The van der Waals surface area contributed by atoms with Gasteiger partial charge in [-0.15, -0.1) is 0 Å². The topological polar surface area (TPSA) is 103 Å². The number of rotatable bonds is 7. The number of amides is 1. The van der Waals surface area contributed by atoms with Gasteiger partial charge in [0.25, 0.3) is 0 Å². The number of nitrogens with two attached hydrogens (primary N) is 2. The molecule has 0 aromatic heterocycles. The van der Waals surface area contributed by atoms with Gasteiger partial charge in [0.2, 0.25) is 5.91 Å². The van der Waals surface area contributed by atoms with E-state index in [1.165, 1.54) is 18.0 Å². The quantitative estimate of drug-likeness (QED) is 0.588. The van der Waals surface area contributed by atoms with Crippen LogP contribution >= 0.6 is 11.8 Å². The number of carbonyl (C=O) groups excluding carboxylic acids is 1. The third-order valence-electron chi connectivity index (χ3n) is 1.93. The van der Waals surface area contributed by atoms with E-state index in [4.69, 9.17) is 11.5 Å². The number of thioether (sulfide) groups is 1. The molecule has 0 saturated carbocycles. The predicted molar refractivity (Wildman–Crippen MR) is 63.4 cm³/mol. The van der Waals surface area contributed by atoms with Crippen molar-refractivity contribution in [2.75, 3.05) is 23.5 Å². The summed E-state index contributed by atoms with van der Waals surface area (Å²) in [6.45, 7) is 1.58. The summed E-state index contributed by atoms with van der Waals surface area (Å²) in [5.74, 6) is 0.764. The minimum absolute atomic E-state index is 0.148. The van der Waals surface area contributed by atoms with Crippen LogP contribution in [0, 0.1) is 0 Å². The molecule has 1 atom stereocenters. The Balaban J connectivity index is 3.69. The van der Waals surface area contributed by atoms with Crippen LogP contribution in [0.1, 0.15) is 13.3 Å². The molecular formula is C8H18N2O3S2. The highest BCUT2D eigenvalue weighted by Crippen LogP contribution is 2.11. The van der Waals surface area contributed by atoms with E-state index in [-0.39, 0.29) is 5.75 Å². The molecule has 1 amide bonds. The summed E-state index contributed by atoms with van der Waals surface area (Å²) < 4.78 is 21.6. The maximum absolute atomic E-state index is 10.8. The molecule has 5 nitrogen and oxygen atoms in total. The summed E-state index contributed by atoms with van der Waals surface area (Å²) in [6.07, 6.45) is 1.65. The largest absolute Gasteiger partial charge is 0.368 e. The smallest absolute Gasteiger partial charge is 0.237 e. The average molecular weight is 254 g/mol. The lowest BCUT2D eigenvalue weighted by Gasteiger charge is -2.19. The number of hydrogen-bond acceptors (Lipinski definition) is 5. The summed E-state index contributed by atoms with van der Waals surface area (Å²) in [6, 6.07) is 0. The van der Waals surface area contributed by atoms with Crippen LogP contribution in [-0.2, 0) is 14.6 Å². The lowest BCUT2D eigenvalue weighted by atomic mass is 10.0.